The van der Waals surface area contributed by atoms with E-state index in [1.165, 1.54) is 25.2 Å². The molecule has 0 bridgehead atoms. The van der Waals surface area contributed by atoms with Gasteiger partial charge in [0.15, 0.2) is 5.82 Å². The quantitative estimate of drug-likeness (QED) is 0.901. The Hall–Kier alpha value is -2.51. The van der Waals surface area contributed by atoms with Crippen molar-refractivity contribution >= 4 is 17.7 Å². The number of anilines is 3. The first-order chi connectivity index (χ1) is 12.6. The molecule has 0 spiro atoms. The molecule has 1 saturated heterocycles. The number of hydrogen-bond acceptors (Lipinski definition) is 7. The lowest BCUT2D eigenvalue weighted by Gasteiger charge is -2.31. The van der Waals surface area contributed by atoms with Crippen molar-refractivity contribution in [2.45, 2.75) is 45.7 Å². The molecule has 138 valence electrons. The third-order valence-electron chi connectivity index (χ3n) is 4.75. The molecule has 4 heterocycles. The van der Waals surface area contributed by atoms with Gasteiger partial charge in [-0.3, -0.25) is 0 Å². The normalized spacial score (nSPS) is 16.9. The third kappa shape index (κ3) is 3.40. The monoisotopic (exact) mass is 357 g/mol. The summed E-state index contributed by atoms with van der Waals surface area (Å²) in [5, 5.41) is 3.47. The Morgan fingerprint density at radius 3 is 2.42 bits per heavy atom. The number of hydrogen-bond donors (Lipinski definition) is 1. The summed E-state index contributed by atoms with van der Waals surface area (Å²) in [7, 11) is 0. The lowest BCUT2D eigenvalue weighted by Crippen LogP contribution is -2.34. The molecule has 1 fully saturated rings. The summed E-state index contributed by atoms with van der Waals surface area (Å²) in [6.07, 6.45) is 5.61. The van der Waals surface area contributed by atoms with E-state index < -0.39 is 5.82 Å². The van der Waals surface area contributed by atoms with Crippen LogP contribution in [-0.4, -0.2) is 45.6 Å². The largest absolute Gasteiger partial charge is 0.367 e. The highest BCUT2D eigenvalue weighted by molar-refractivity contribution is 5.55. The summed E-state index contributed by atoms with van der Waals surface area (Å²) < 4.78 is 13.1. The number of nitrogens with zero attached hydrogens (tertiary/aromatic N) is 6. The maximum Gasteiger partial charge on any atom is 0.227 e. The van der Waals surface area contributed by atoms with E-state index in [1.807, 2.05) is 4.90 Å². The molecule has 2 aliphatic heterocycles. The van der Waals surface area contributed by atoms with Crippen LogP contribution in [0.4, 0.5) is 22.1 Å². The zero-order valence-corrected chi connectivity index (χ0v) is 15.2. The molecular formula is C18H24FN7. The van der Waals surface area contributed by atoms with E-state index in [1.54, 1.807) is 0 Å². The van der Waals surface area contributed by atoms with Gasteiger partial charge in [0.05, 0.1) is 24.6 Å². The van der Waals surface area contributed by atoms with E-state index in [0.717, 1.165) is 49.1 Å². The molecule has 0 aromatic carbocycles. The van der Waals surface area contributed by atoms with Crippen molar-refractivity contribution in [3.05, 3.63) is 29.5 Å². The summed E-state index contributed by atoms with van der Waals surface area (Å²) in [6, 6.07) is 0.276. The minimum Gasteiger partial charge on any atom is -0.367 e. The van der Waals surface area contributed by atoms with Crippen LogP contribution >= 0.6 is 0 Å². The van der Waals surface area contributed by atoms with Gasteiger partial charge in [-0.05, 0) is 26.7 Å². The standard InChI is InChI=1S/C18H24FN7/c1-12(2)22-16-14-11-26(17-20-9-13(19)10-21-17)8-5-15(14)23-18(24-16)25-6-3-4-7-25/h9-10,12H,3-8,11H2,1-2H3,(H,22,23,24). The van der Waals surface area contributed by atoms with Crippen molar-refractivity contribution in [2.75, 3.05) is 34.8 Å². The zero-order chi connectivity index (χ0) is 18.1. The lowest BCUT2D eigenvalue weighted by molar-refractivity contribution is 0.607. The summed E-state index contributed by atoms with van der Waals surface area (Å²) in [6.45, 7) is 7.64. The predicted octanol–water partition coefficient (Wildman–Crippen LogP) is 2.39. The molecule has 26 heavy (non-hydrogen) atoms. The van der Waals surface area contributed by atoms with Crippen molar-refractivity contribution < 1.29 is 4.39 Å². The molecule has 8 heteroatoms. The van der Waals surface area contributed by atoms with Crippen LogP contribution in [-0.2, 0) is 13.0 Å². The number of nitrogens with one attached hydrogen (secondary N) is 1. The van der Waals surface area contributed by atoms with Gasteiger partial charge in [-0.25, -0.2) is 19.3 Å². The van der Waals surface area contributed by atoms with E-state index in [4.69, 9.17) is 9.97 Å². The van der Waals surface area contributed by atoms with E-state index in [-0.39, 0.29) is 6.04 Å². The molecule has 0 aliphatic carbocycles. The molecule has 2 aliphatic rings. The summed E-state index contributed by atoms with van der Waals surface area (Å²) >= 11 is 0. The first-order valence-corrected chi connectivity index (χ1v) is 9.24. The van der Waals surface area contributed by atoms with E-state index in [2.05, 4.69) is 34.0 Å². The van der Waals surface area contributed by atoms with Crippen molar-refractivity contribution in [3.8, 4) is 0 Å². The minimum absolute atomic E-state index is 0.276. The lowest BCUT2D eigenvalue weighted by atomic mass is 10.1. The summed E-state index contributed by atoms with van der Waals surface area (Å²) in [5.41, 5.74) is 2.17. The molecule has 0 amide bonds. The second-order valence-corrected chi connectivity index (χ2v) is 7.16. The Morgan fingerprint density at radius 2 is 1.73 bits per heavy atom. The molecule has 4 rings (SSSR count). The third-order valence-corrected chi connectivity index (χ3v) is 4.75. The smallest absolute Gasteiger partial charge is 0.227 e. The van der Waals surface area contributed by atoms with Crippen LogP contribution in [0.5, 0.6) is 0 Å². The SMILES string of the molecule is CC(C)Nc1nc(N2CCCC2)nc2c1CN(c1ncc(F)cn1)CC2. The topological polar surface area (TPSA) is 70.1 Å². The van der Waals surface area contributed by atoms with Crippen LogP contribution in [0.3, 0.4) is 0 Å². The molecule has 0 saturated carbocycles. The van der Waals surface area contributed by atoms with Gasteiger partial charge in [0.2, 0.25) is 11.9 Å². The van der Waals surface area contributed by atoms with Gasteiger partial charge in [-0.2, -0.15) is 4.98 Å². The fraction of sp³-hybridized carbons (Fsp3) is 0.556. The van der Waals surface area contributed by atoms with Gasteiger partial charge in [0.25, 0.3) is 0 Å². The minimum atomic E-state index is -0.424. The maximum absolute atomic E-state index is 13.1. The average molecular weight is 357 g/mol. The van der Waals surface area contributed by atoms with Crippen molar-refractivity contribution in [2.24, 2.45) is 0 Å². The Kier molecular flexibility index (Phi) is 4.57. The second-order valence-electron chi connectivity index (χ2n) is 7.16. The fourth-order valence-electron chi connectivity index (χ4n) is 3.49. The zero-order valence-electron chi connectivity index (χ0n) is 15.2. The second kappa shape index (κ2) is 7.01. The number of halogens is 1. The average Bonchev–Trinajstić information content (AvgIpc) is 3.16. The summed E-state index contributed by atoms with van der Waals surface area (Å²) in [5.74, 6) is 1.83. The molecular weight excluding hydrogens is 333 g/mol. The fourth-order valence-corrected chi connectivity index (χ4v) is 3.49. The molecule has 0 atom stereocenters. The van der Waals surface area contributed by atoms with E-state index >= 15 is 0 Å². The van der Waals surface area contributed by atoms with Gasteiger partial charge in [0, 0.05) is 37.7 Å². The Labute approximate surface area is 152 Å². The number of rotatable bonds is 4. The molecule has 2 aromatic heterocycles. The Bertz CT molecular complexity index is 772. The van der Waals surface area contributed by atoms with Crippen LogP contribution in [0.1, 0.15) is 37.9 Å². The van der Waals surface area contributed by atoms with E-state index in [9.17, 15) is 4.39 Å². The van der Waals surface area contributed by atoms with Crippen LogP contribution in [0.25, 0.3) is 0 Å². The van der Waals surface area contributed by atoms with Crippen molar-refractivity contribution in [3.63, 3.8) is 0 Å². The molecule has 0 unspecified atom stereocenters. The predicted molar refractivity (Wildman–Crippen MR) is 99.0 cm³/mol. The van der Waals surface area contributed by atoms with Crippen LogP contribution < -0.4 is 15.1 Å². The highest BCUT2D eigenvalue weighted by Gasteiger charge is 2.26. The van der Waals surface area contributed by atoms with Gasteiger partial charge in [0.1, 0.15) is 5.82 Å². The van der Waals surface area contributed by atoms with Crippen LogP contribution in [0.2, 0.25) is 0 Å². The van der Waals surface area contributed by atoms with Gasteiger partial charge in [-0.1, -0.05) is 0 Å². The number of fused-ring (bicyclic) bond motifs is 1. The van der Waals surface area contributed by atoms with Gasteiger partial charge >= 0.3 is 0 Å². The summed E-state index contributed by atoms with van der Waals surface area (Å²) in [4.78, 5) is 22.2. The molecule has 2 aromatic rings. The van der Waals surface area contributed by atoms with Crippen molar-refractivity contribution in [1.82, 2.24) is 19.9 Å². The highest BCUT2D eigenvalue weighted by atomic mass is 19.1. The molecule has 0 radical (unpaired) electrons. The Balaban J connectivity index is 1.66. The first-order valence-electron chi connectivity index (χ1n) is 9.24. The van der Waals surface area contributed by atoms with Gasteiger partial charge in [-0.15, -0.1) is 0 Å². The number of aromatic nitrogens is 4. The highest BCUT2D eigenvalue weighted by Crippen LogP contribution is 2.29. The first kappa shape index (κ1) is 16.9. The van der Waals surface area contributed by atoms with Crippen molar-refractivity contribution in [1.29, 1.82) is 0 Å². The molecule has 7 nitrogen and oxygen atoms in total. The van der Waals surface area contributed by atoms with Crippen LogP contribution in [0.15, 0.2) is 12.4 Å². The van der Waals surface area contributed by atoms with Gasteiger partial charge < -0.3 is 15.1 Å². The maximum atomic E-state index is 13.1. The van der Waals surface area contributed by atoms with E-state index in [0.29, 0.717) is 12.5 Å². The Morgan fingerprint density at radius 1 is 1.00 bits per heavy atom. The van der Waals surface area contributed by atoms with Crippen LogP contribution in [0, 0.1) is 5.82 Å². The molecule has 1 N–H and O–H groups in total.